The van der Waals surface area contributed by atoms with Crippen LogP contribution in [0.2, 0.25) is 0 Å². The summed E-state index contributed by atoms with van der Waals surface area (Å²) in [5, 5.41) is 6.83. The number of benzene rings is 1. The number of ether oxygens (including phenoxy) is 2. The molecule has 2 rings (SSSR count). The van der Waals surface area contributed by atoms with E-state index in [0.717, 1.165) is 64.7 Å². The van der Waals surface area contributed by atoms with Crippen molar-refractivity contribution < 1.29 is 9.47 Å². The SMILES string of the molecule is CCNC(=NCCCOCC1CCOCC1)NC(C)c1ccccc1C. The minimum Gasteiger partial charge on any atom is -0.381 e. The zero-order valence-corrected chi connectivity index (χ0v) is 16.6. The zero-order valence-electron chi connectivity index (χ0n) is 16.6. The molecule has 1 atom stereocenters. The number of hydrogen-bond donors (Lipinski definition) is 2. The van der Waals surface area contributed by atoms with E-state index >= 15 is 0 Å². The van der Waals surface area contributed by atoms with E-state index in [9.17, 15) is 0 Å². The van der Waals surface area contributed by atoms with Gasteiger partial charge in [0.2, 0.25) is 0 Å². The van der Waals surface area contributed by atoms with Crippen molar-refractivity contribution in [3.63, 3.8) is 0 Å². The van der Waals surface area contributed by atoms with Crippen molar-refractivity contribution >= 4 is 5.96 Å². The highest BCUT2D eigenvalue weighted by Gasteiger charge is 2.13. The molecule has 1 fully saturated rings. The molecule has 0 bridgehead atoms. The third-order valence-electron chi connectivity index (χ3n) is 4.76. The van der Waals surface area contributed by atoms with Crippen molar-refractivity contribution in [2.75, 3.05) is 39.5 Å². The van der Waals surface area contributed by atoms with E-state index in [2.05, 4.69) is 60.7 Å². The lowest BCUT2D eigenvalue weighted by molar-refractivity contribution is 0.0205. The Hall–Kier alpha value is -1.59. The number of rotatable bonds is 9. The summed E-state index contributed by atoms with van der Waals surface area (Å²) in [7, 11) is 0. The van der Waals surface area contributed by atoms with Crippen molar-refractivity contribution in [1.29, 1.82) is 0 Å². The highest BCUT2D eigenvalue weighted by atomic mass is 16.5. The molecule has 2 N–H and O–H groups in total. The van der Waals surface area contributed by atoms with E-state index in [1.165, 1.54) is 11.1 Å². The summed E-state index contributed by atoms with van der Waals surface area (Å²) in [5.74, 6) is 1.54. The molecule has 1 aliphatic heterocycles. The summed E-state index contributed by atoms with van der Waals surface area (Å²) < 4.78 is 11.2. The predicted molar refractivity (Wildman–Crippen MR) is 108 cm³/mol. The summed E-state index contributed by atoms with van der Waals surface area (Å²) in [6.45, 7) is 11.4. The van der Waals surface area contributed by atoms with E-state index in [1.807, 2.05) is 0 Å². The van der Waals surface area contributed by atoms with E-state index in [4.69, 9.17) is 9.47 Å². The molecular weight excluding hydrogens is 326 g/mol. The Labute approximate surface area is 158 Å². The van der Waals surface area contributed by atoms with Crippen LogP contribution in [0.3, 0.4) is 0 Å². The Morgan fingerprint density at radius 3 is 2.81 bits per heavy atom. The molecule has 0 aromatic heterocycles. The minimum atomic E-state index is 0.221. The maximum absolute atomic E-state index is 5.82. The van der Waals surface area contributed by atoms with Crippen molar-refractivity contribution in [3.8, 4) is 0 Å². The van der Waals surface area contributed by atoms with Gasteiger partial charge < -0.3 is 20.1 Å². The van der Waals surface area contributed by atoms with Crippen LogP contribution in [0.25, 0.3) is 0 Å². The summed E-state index contributed by atoms with van der Waals surface area (Å²) in [4.78, 5) is 4.69. The molecule has 1 aromatic carbocycles. The first-order valence-corrected chi connectivity index (χ1v) is 9.96. The fraction of sp³-hybridized carbons (Fsp3) is 0.667. The van der Waals surface area contributed by atoms with E-state index in [-0.39, 0.29) is 6.04 Å². The van der Waals surface area contributed by atoms with Crippen LogP contribution < -0.4 is 10.6 Å². The van der Waals surface area contributed by atoms with Crippen molar-refractivity contribution in [2.24, 2.45) is 10.9 Å². The second-order valence-electron chi connectivity index (χ2n) is 6.97. The first-order valence-electron chi connectivity index (χ1n) is 9.96. The molecule has 26 heavy (non-hydrogen) atoms. The summed E-state index contributed by atoms with van der Waals surface area (Å²) in [6.07, 6.45) is 3.20. The molecule has 1 aromatic rings. The largest absolute Gasteiger partial charge is 0.381 e. The van der Waals surface area contributed by atoms with Gasteiger partial charge in [0.1, 0.15) is 0 Å². The van der Waals surface area contributed by atoms with Gasteiger partial charge in [0.15, 0.2) is 5.96 Å². The predicted octanol–water partition coefficient (Wildman–Crippen LogP) is 3.44. The average molecular weight is 362 g/mol. The monoisotopic (exact) mass is 361 g/mol. The Balaban J connectivity index is 1.71. The summed E-state index contributed by atoms with van der Waals surface area (Å²) >= 11 is 0. The highest BCUT2D eigenvalue weighted by Crippen LogP contribution is 2.16. The number of nitrogens with zero attached hydrogens (tertiary/aromatic N) is 1. The summed E-state index contributed by atoms with van der Waals surface area (Å²) in [6, 6.07) is 8.69. The first-order chi connectivity index (χ1) is 12.7. The van der Waals surface area contributed by atoms with E-state index in [0.29, 0.717) is 5.92 Å². The fourth-order valence-corrected chi connectivity index (χ4v) is 3.20. The number of aliphatic imine (C=N–C) groups is 1. The normalized spacial score (nSPS) is 17.1. The van der Waals surface area contributed by atoms with E-state index in [1.54, 1.807) is 0 Å². The molecule has 0 radical (unpaired) electrons. The van der Waals surface area contributed by atoms with Crippen LogP contribution in [0.5, 0.6) is 0 Å². The second-order valence-corrected chi connectivity index (χ2v) is 6.97. The molecule has 0 saturated carbocycles. The van der Waals surface area contributed by atoms with Gasteiger partial charge in [0, 0.05) is 39.5 Å². The minimum absolute atomic E-state index is 0.221. The molecule has 0 aliphatic carbocycles. The third-order valence-corrected chi connectivity index (χ3v) is 4.76. The van der Waals surface area contributed by atoms with Gasteiger partial charge in [-0.1, -0.05) is 24.3 Å². The van der Waals surface area contributed by atoms with Gasteiger partial charge in [-0.15, -0.1) is 0 Å². The van der Waals surface area contributed by atoms with Crippen LogP contribution >= 0.6 is 0 Å². The fourth-order valence-electron chi connectivity index (χ4n) is 3.20. The Morgan fingerprint density at radius 1 is 1.31 bits per heavy atom. The van der Waals surface area contributed by atoms with E-state index < -0.39 is 0 Å². The summed E-state index contributed by atoms with van der Waals surface area (Å²) in [5.41, 5.74) is 2.60. The number of aryl methyl sites for hydroxylation is 1. The van der Waals surface area contributed by atoms with Crippen LogP contribution in [-0.4, -0.2) is 45.5 Å². The Morgan fingerprint density at radius 2 is 2.08 bits per heavy atom. The topological polar surface area (TPSA) is 54.9 Å². The molecule has 1 aliphatic rings. The maximum atomic E-state index is 5.82. The lowest BCUT2D eigenvalue weighted by Crippen LogP contribution is -2.39. The molecule has 1 heterocycles. The van der Waals surface area contributed by atoms with Crippen molar-refractivity contribution in [1.82, 2.24) is 10.6 Å². The molecule has 146 valence electrons. The van der Waals surface area contributed by atoms with Crippen LogP contribution in [0.4, 0.5) is 0 Å². The highest BCUT2D eigenvalue weighted by molar-refractivity contribution is 5.80. The number of guanidine groups is 1. The zero-order chi connectivity index (χ0) is 18.6. The molecule has 1 saturated heterocycles. The number of hydrogen-bond acceptors (Lipinski definition) is 3. The molecule has 5 heteroatoms. The molecular formula is C21H35N3O2. The van der Waals surface area contributed by atoms with Gasteiger partial charge in [0.25, 0.3) is 0 Å². The van der Waals surface area contributed by atoms with Gasteiger partial charge in [-0.05, 0) is 57.1 Å². The van der Waals surface area contributed by atoms with Gasteiger partial charge in [-0.25, -0.2) is 0 Å². The van der Waals surface area contributed by atoms with Crippen molar-refractivity contribution in [3.05, 3.63) is 35.4 Å². The smallest absolute Gasteiger partial charge is 0.191 e. The quantitative estimate of drug-likeness (QED) is 0.402. The van der Waals surface area contributed by atoms with Gasteiger partial charge in [0.05, 0.1) is 6.04 Å². The average Bonchev–Trinajstić information content (AvgIpc) is 2.65. The molecule has 0 spiro atoms. The Kier molecular flexibility index (Phi) is 9.50. The second kappa shape index (κ2) is 11.9. The van der Waals surface area contributed by atoms with Crippen LogP contribution in [-0.2, 0) is 9.47 Å². The van der Waals surface area contributed by atoms with Crippen LogP contribution in [0.1, 0.15) is 50.3 Å². The lowest BCUT2D eigenvalue weighted by Gasteiger charge is -2.21. The standard InChI is InChI=1S/C21H35N3O2/c1-4-22-21(24-18(3)20-9-6-5-8-17(20)2)23-12-7-13-26-16-19-10-14-25-15-11-19/h5-6,8-9,18-19H,4,7,10-16H2,1-3H3,(H2,22,23,24). The maximum Gasteiger partial charge on any atom is 0.191 e. The van der Waals surface area contributed by atoms with Gasteiger partial charge >= 0.3 is 0 Å². The van der Waals surface area contributed by atoms with Crippen LogP contribution in [0.15, 0.2) is 29.3 Å². The van der Waals surface area contributed by atoms with Gasteiger partial charge in [-0.3, -0.25) is 4.99 Å². The first kappa shape index (κ1) is 20.7. The molecule has 1 unspecified atom stereocenters. The number of nitrogens with one attached hydrogen (secondary N) is 2. The third kappa shape index (κ3) is 7.34. The molecule has 5 nitrogen and oxygen atoms in total. The van der Waals surface area contributed by atoms with Crippen molar-refractivity contribution in [2.45, 2.75) is 46.1 Å². The van der Waals surface area contributed by atoms with Gasteiger partial charge in [-0.2, -0.15) is 0 Å². The van der Waals surface area contributed by atoms with Crippen LogP contribution in [0, 0.1) is 12.8 Å². The Bertz CT molecular complexity index is 542. The lowest BCUT2D eigenvalue weighted by atomic mass is 10.0. The molecule has 0 amide bonds.